The maximum absolute atomic E-state index is 11.8. The molecule has 0 radical (unpaired) electrons. The minimum Gasteiger partial charge on any atom is -0.494 e. The zero-order valence-corrected chi connectivity index (χ0v) is 12.6. The molecule has 1 aromatic carbocycles. The molecule has 1 amide bonds. The molecule has 0 aliphatic heterocycles. The Morgan fingerprint density at radius 1 is 1.24 bits per heavy atom. The average molecular weight is 293 g/mol. The summed E-state index contributed by atoms with van der Waals surface area (Å²) in [6.45, 7) is 2.41. The predicted octanol–water partition coefficient (Wildman–Crippen LogP) is 2.30. The van der Waals surface area contributed by atoms with E-state index >= 15 is 0 Å². The van der Waals surface area contributed by atoms with E-state index in [1.165, 1.54) is 7.11 Å². The molecule has 0 bridgehead atoms. The first-order chi connectivity index (χ1) is 10.2. The first-order valence-electron chi connectivity index (χ1n) is 7.19. The molecule has 1 aromatic rings. The fraction of sp³-hybridized carbons (Fsp3) is 0.500. The highest BCUT2D eigenvalue weighted by atomic mass is 16.5. The van der Waals surface area contributed by atoms with Crippen LogP contribution in [0.25, 0.3) is 0 Å². The van der Waals surface area contributed by atoms with E-state index in [1.54, 1.807) is 0 Å². The summed E-state index contributed by atoms with van der Waals surface area (Å²) in [7, 11) is 1.35. The van der Waals surface area contributed by atoms with Gasteiger partial charge in [0.25, 0.3) is 0 Å². The van der Waals surface area contributed by atoms with E-state index in [1.807, 2.05) is 37.3 Å². The number of methoxy groups -OCH3 is 1. The molecule has 0 saturated carbocycles. The Morgan fingerprint density at radius 2 is 1.95 bits per heavy atom. The molecule has 0 aliphatic rings. The molecule has 0 saturated heterocycles. The standard InChI is InChI=1S/C16H23NO4/c1-3-13(12-16(19)20-2)17-15(18)10-7-11-21-14-8-5-4-6-9-14/h4-6,8-9,13H,3,7,10-12H2,1-2H3,(H,17,18). The third-order valence-corrected chi connectivity index (χ3v) is 3.06. The Balaban J connectivity index is 2.19. The summed E-state index contributed by atoms with van der Waals surface area (Å²) < 4.78 is 10.1. The second kappa shape index (κ2) is 9.80. The van der Waals surface area contributed by atoms with Crippen molar-refractivity contribution in [3.05, 3.63) is 30.3 Å². The van der Waals surface area contributed by atoms with Gasteiger partial charge in [-0.1, -0.05) is 25.1 Å². The van der Waals surface area contributed by atoms with Crippen LogP contribution in [0.15, 0.2) is 30.3 Å². The summed E-state index contributed by atoms with van der Waals surface area (Å²) in [5.74, 6) is 0.423. The van der Waals surface area contributed by atoms with Crippen LogP contribution in [0.3, 0.4) is 0 Å². The minimum atomic E-state index is -0.311. The highest BCUT2D eigenvalue weighted by Gasteiger charge is 2.14. The van der Waals surface area contributed by atoms with Gasteiger partial charge in [0.1, 0.15) is 5.75 Å². The van der Waals surface area contributed by atoms with E-state index in [9.17, 15) is 9.59 Å². The van der Waals surface area contributed by atoms with Gasteiger partial charge in [-0.15, -0.1) is 0 Å². The smallest absolute Gasteiger partial charge is 0.307 e. The van der Waals surface area contributed by atoms with Gasteiger partial charge in [-0.3, -0.25) is 9.59 Å². The van der Waals surface area contributed by atoms with Crippen molar-refractivity contribution >= 4 is 11.9 Å². The van der Waals surface area contributed by atoms with Gasteiger partial charge in [-0.2, -0.15) is 0 Å². The van der Waals surface area contributed by atoms with Crippen LogP contribution in [0.4, 0.5) is 0 Å². The fourth-order valence-corrected chi connectivity index (χ4v) is 1.82. The van der Waals surface area contributed by atoms with Crippen LogP contribution in [-0.4, -0.2) is 31.6 Å². The van der Waals surface area contributed by atoms with E-state index in [2.05, 4.69) is 10.1 Å². The van der Waals surface area contributed by atoms with Crippen molar-refractivity contribution < 1.29 is 19.1 Å². The van der Waals surface area contributed by atoms with Gasteiger partial charge in [0.15, 0.2) is 0 Å². The molecule has 21 heavy (non-hydrogen) atoms. The number of nitrogens with one attached hydrogen (secondary N) is 1. The third kappa shape index (κ3) is 7.34. The van der Waals surface area contributed by atoms with Crippen molar-refractivity contribution in [1.29, 1.82) is 0 Å². The lowest BCUT2D eigenvalue weighted by atomic mass is 10.1. The minimum absolute atomic E-state index is 0.0672. The maximum Gasteiger partial charge on any atom is 0.307 e. The average Bonchev–Trinajstić information content (AvgIpc) is 2.51. The quantitative estimate of drug-likeness (QED) is 0.560. The summed E-state index contributed by atoms with van der Waals surface area (Å²) in [6, 6.07) is 9.32. The van der Waals surface area contributed by atoms with Gasteiger partial charge in [0.05, 0.1) is 20.1 Å². The molecule has 0 aliphatic carbocycles. The zero-order chi connectivity index (χ0) is 15.5. The number of hydrogen-bond donors (Lipinski definition) is 1. The Morgan fingerprint density at radius 3 is 2.57 bits per heavy atom. The number of esters is 1. The maximum atomic E-state index is 11.8. The van der Waals surface area contributed by atoms with E-state index in [-0.39, 0.29) is 24.3 Å². The Kier molecular flexibility index (Phi) is 7.94. The first kappa shape index (κ1) is 17.0. The van der Waals surface area contributed by atoms with Gasteiger partial charge < -0.3 is 14.8 Å². The molecule has 0 spiro atoms. The van der Waals surface area contributed by atoms with E-state index in [4.69, 9.17) is 4.74 Å². The van der Waals surface area contributed by atoms with Crippen LogP contribution < -0.4 is 10.1 Å². The van der Waals surface area contributed by atoms with E-state index in [0.29, 0.717) is 25.9 Å². The molecule has 116 valence electrons. The first-order valence-corrected chi connectivity index (χ1v) is 7.19. The molecular formula is C16H23NO4. The Bertz CT molecular complexity index is 433. The largest absolute Gasteiger partial charge is 0.494 e. The molecule has 1 rings (SSSR count). The SMILES string of the molecule is CCC(CC(=O)OC)NC(=O)CCCOc1ccccc1. The van der Waals surface area contributed by atoms with Gasteiger partial charge >= 0.3 is 5.97 Å². The van der Waals surface area contributed by atoms with Crippen LogP contribution in [0.5, 0.6) is 5.75 Å². The van der Waals surface area contributed by atoms with E-state index < -0.39 is 0 Å². The number of rotatable bonds is 9. The number of hydrogen-bond acceptors (Lipinski definition) is 4. The summed E-state index contributed by atoms with van der Waals surface area (Å²) >= 11 is 0. The molecule has 1 atom stereocenters. The van der Waals surface area contributed by atoms with Crippen molar-refractivity contribution in [3.8, 4) is 5.75 Å². The lowest BCUT2D eigenvalue weighted by molar-refractivity contribution is -0.141. The van der Waals surface area contributed by atoms with Crippen LogP contribution in [0, 0.1) is 0 Å². The number of carbonyl (C=O) groups is 2. The number of ether oxygens (including phenoxy) is 2. The molecular weight excluding hydrogens is 270 g/mol. The molecule has 1 N–H and O–H groups in total. The number of carbonyl (C=O) groups excluding carboxylic acids is 2. The lowest BCUT2D eigenvalue weighted by Gasteiger charge is -2.15. The Hall–Kier alpha value is -2.04. The normalized spacial score (nSPS) is 11.5. The highest BCUT2D eigenvalue weighted by molar-refractivity contribution is 5.77. The van der Waals surface area contributed by atoms with Crippen LogP contribution in [0.2, 0.25) is 0 Å². The molecule has 5 nitrogen and oxygen atoms in total. The van der Waals surface area contributed by atoms with Crippen molar-refractivity contribution in [3.63, 3.8) is 0 Å². The second-order valence-corrected chi connectivity index (χ2v) is 4.72. The van der Waals surface area contributed by atoms with Gasteiger partial charge in [-0.05, 0) is 25.0 Å². The second-order valence-electron chi connectivity index (χ2n) is 4.72. The topological polar surface area (TPSA) is 64.6 Å². The summed E-state index contributed by atoms with van der Waals surface area (Å²) in [6.07, 6.45) is 1.92. The number of para-hydroxylation sites is 1. The lowest BCUT2D eigenvalue weighted by Crippen LogP contribution is -2.36. The summed E-state index contributed by atoms with van der Waals surface area (Å²) in [4.78, 5) is 23.0. The van der Waals surface area contributed by atoms with E-state index in [0.717, 1.165) is 5.75 Å². The molecule has 0 heterocycles. The highest BCUT2D eigenvalue weighted by Crippen LogP contribution is 2.09. The molecule has 0 fully saturated rings. The van der Waals surface area contributed by atoms with Gasteiger partial charge in [0, 0.05) is 12.5 Å². The zero-order valence-electron chi connectivity index (χ0n) is 12.6. The molecule has 0 aromatic heterocycles. The van der Waals surface area contributed by atoms with Crippen molar-refractivity contribution in [1.82, 2.24) is 5.32 Å². The molecule has 5 heteroatoms. The monoisotopic (exact) mass is 293 g/mol. The summed E-state index contributed by atoms with van der Waals surface area (Å²) in [5.41, 5.74) is 0. The van der Waals surface area contributed by atoms with Crippen molar-refractivity contribution in [2.45, 2.75) is 38.6 Å². The number of benzene rings is 1. The van der Waals surface area contributed by atoms with Crippen molar-refractivity contribution in [2.75, 3.05) is 13.7 Å². The van der Waals surface area contributed by atoms with Gasteiger partial charge in [0.2, 0.25) is 5.91 Å². The van der Waals surface area contributed by atoms with Crippen LogP contribution >= 0.6 is 0 Å². The third-order valence-electron chi connectivity index (χ3n) is 3.06. The van der Waals surface area contributed by atoms with Crippen molar-refractivity contribution in [2.24, 2.45) is 0 Å². The van der Waals surface area contributed by atoms with Crippen LogP contribution in [-0.2, 0) is 14.3 Å². The fourth-order valence-electron chi connectivity index (χ4n) is 1.82. The van der Waals surface area contributed by atoms with Crippen LogP contribution in [0.1, 0.15) is 32.6 Å². The summed E-state index contributed by atoms with van der Waals surface area (Å²) in [5, 5.41) is 2.84. The predicted molar refractivity (Wildman–Crippen MR) is 80.0 cm³/mol. The number of amides is 1. The molecule has 1 unspecified atom stereocenters. The van der Waals surface area contributed by atoms with Gasteiger partial charge in [-0.25, -0.2) is 0 Å². The Labute approximate surface area is 125 Å².